The molecule has 7 nitrogen and oxygen atoms in total. The molecule has 1 aliphatic carbocycles. The predicted molar refractivity (Wildman–Crippen MR) is 102 cm³/mol. The number of aromatic nitrogens is 2. The second-order valence-corrected chi connectivity index (χ2v) is 6.89. The van der Waals surface area contributed by atoms with Crippen molar-refractivity contribution in [1.82, 2.24) is 9.97 Å². The summed E-state index contributed by atoms with van der Waals surface area (Å²) in [4.78, 5) is 24.6. The largest absolute Gasteiger partial charge is 0.469 e. The van der Waals surface area contributed by atoms with Gasteiger partial charge >= 0.3 is 5.97 Å². The van der Waals surface area contributed by atoms with Gasteiger partial charge in [0.2, 0.25) is 11.2 Å². The minimum Gasteiger partial charge on any atom is -0.469 e. The molecule has 1 aromatic carbocycles. The van der Waals surface area contributed by atoms with Gasteiger partial charge in [0.25, 0.3) is 0 Å². The third-order valence-electron chi connectivity index (χ3n) is 4.43. The quantitative estimate of drug-likeness (QED) is 0.267. The lowest BCUT2D eigenvalue weighted by Crippen LogP contribution is -2.16. The summed E-state index contributed by atoms with van der Waals surface area (Å²) in [5.74, 6) is 0.255. The van der Waals surface area contributed by atoms with Crippen molar-refractivity contribution in [3.8, 4) is 5.88 Å². The molecule has 2 aromatic rings. The summed E-state index contributed by atoms with van der Waals surface area (Å²) in [6.07, 6.45) is 1.46. The van der Waals surface area contributed by atoms with E-state index in [4.69, 9.17) is 26.9 Å². The molecular weight excluding hydrogens is 368 g/mol. The fraction of sp³-hybridized carbons (Fsp3) is 0.368. The number of hydrogen-bond donors (Lipinski definition) is 1. The van der Waals surface area contributed by atoms with E-state index < -0.39 is 0 Å². The lowest BCUT2D eigenvalue weighted by Gasteiger charge is -2.17. The number of benzene rings is 1. The summed E-state index contributed by atoms with van der Waals surface area (Å²) < 4.78 is 5.94. The van der Waals surface area contributed by atoms with Crippen LogP contribution in [0.25, 0.3) is 0 Å². The highest BCUT2D eigenvalue weighted by molar-refractivity contribution is 6.28. The molecule has 1 aliphatic rings. The Morgan fingerprint density at radius 3 is 2.56 bits per heavy atom. The second kappa shape index (κ2) is 7.92. The summed E-state index contributed by atoms with van der Waals surface area (Å²) in [5, 5.41) is 3.86. The summed E-state index contributed by atoms with van der Waals surface area (Å²) in [6.45, 7) is 5.65. The monoisotopic (exact) mass is 388 g/mol. The molecule has 8 heteroatoms. The smallest absolute Gasteiger partial charge is 0.338 e. The molecule has 0 amide bonds. The number of rotatable bonds is 6. The van der Waals surface area contributed by atoms with Crippen molar-refractivity contribution >= 4 is 23.4 Å². The molecule has 1 aromatic heterocycles. The van der Waals surface area contributed by atoms with E-state index in [0.717, 1.165) is 29.7 Å². The first-order chi connectivity index (χ1) is 12.8. The molecule has 1 fully saturated rings. The van der Waals surface area contributed by atoms with Crippen LogP contribution in [0.3, 0.4) is 0 Å². The van der Waals surface area contributed by atoms with E-state index in [9.17, 15) is 4.79 Å². The summed E-state index contributed by atoms with van der Waals surface area (Å²) >= 11 is 5.92. The molecule has 1 saturated carbocycles. The molecule has 1 atom stereocenters. The van der Waals surface area contributed by atoms with Crippen LogP contribution in [0.15, 0.2) is 29.4 Å². The van der Waals surface area contributed by atoms with Crippen molar-refractivity contribution in [2.24, 2.45) is 16.8 Å². The van der Waals surface area contributed by atoms with Gasteiger partial charge in [-0.3, -0.25) is 0 Å². The number of carbonyl (C=O) groups is 1. The number of carbonyl (C=O) groups excluding carboxylic acids is 1. The van der Waals surface area contributed by atoms with E-state index in [1.807, 2.05) is 32.9 Å². The first kappa shape index (κ1) is 19.1. The SMILES string of the molecule is Cc1nc(Cl)nc(O[C@@H](C)c2ccc(/C(N)=N/OC(=O)C3CC3)cc2)c1C. The Kier molecular flexibility index (Phi) is 5.60. The Labute approximate surface area is 162 Å². The zero-order valence-corrected chi connectivity index (χ0v) is 16.2. The molecule has 3 rings (SSSR count). The van der Waals surface area contributed by atoms with Gasteiger partial charge < -0.3 is 15.3 Å². The van der Waals surface area contributed by atoms with Gasteiger partial charge in [0.15, 0.2) is 5.84 Å². The molecular formula is C19H21ClN4O3. The molecule has 0 spiro atoms. The van der Waals surface area contributed by atoms with Crippen LogP contribution >= 0.6 is 11.6 Å². The van der Waals surface area contributed by atoms with E-state index in [1.165, 1.54) is 0 Å². The van der Waals surface area contributed by atoms with E-state index in [1.54, 1.807) is 12.1 Å². The third kappa shape index (κ3) is 4.74. The minimum atomic E-state index is -0.328. The average Bonchev–Trinajstić information content (AvgIpc) is 3.48. The molecule has 0 saturated heterocycles. The van der Waals surface area contributed by atoms with Crippen molar-refractivity contribution < 1.29 is 14.4 Å². The molecule has 142 valence electrons. The van der Waals surface area contributed by atoms with Gasteiger partial charge in [0, 0.05) is 16.8 Å². The van der Waals surface area contributed by atoms with Crippen molar-refractivity contribution in [3.63, 3.8) is 0 Å². The highest BCUT2D eigenvalue weighted by Gasteiger charge is 2.31. The number of aryl methyl sites for hydroxylation is 1. The highest BCUT2D eigenvalue weighted by atomic mass is 35.5. The van der Waals surface area contributed by atoms with E-state index in [-0.39, 0.29) is 29.1 Å². The van der Waals surface area contributed by atoms with Crippen LogP contribution in [0.2, 0.25) is 5.28 Å². The van der Waals surface area contributed by atoms with Crippen LogP contribution < -0.4 is 10.5 Å². The van der Waals surface area contributed by atoms with E-state index in [2.05, 4.69) is 15.1 Å². The maximum Gasteiger partial charge on any atom is 0.338 e. The van der Waals surface area contributed by atoms with Crippen LogP contribution in [0, 0.1) is 19.8 Å². The summed E-state index contributed by atoms with van der Waals surface area (Å²) in [7, 11) is 0. The van der Waals surface area contributed by atoms with Crippen LogP contribution in [0.4, 0.5) is 0 Å². The van der Waals surface area contributed by atoms with Gasteiger partial charge in [-0.1, -0.05) is 29.4 Å². The Balaban J connectivity index is 1.67. The number of nitrogens with zero attached hydrogens (tertiary/aromatic N) is 3. The topological polar surface area (TPSA) is 99.7 Å². The molecule has 27 heavy (non-hydrogen) atoms. The second-order valence-electron chi connectivity index (χ2n) is 6.55. The van der Waals surface area contributed by atoms with Crippen molar-refractivity contribution in [2.45, 2.75) is 39.7 Å². The standard InChI is InChI=1S/C19H21ClN4O3/c1-10-11(2)22-19(20)23-17(10)26-12(3)13-4-6-14(7-5-13)16(21)24-27-18(25)15-8-9-15/h4-7,12,15H,8-9H2,1-3H3,(H2,21,24)/t12-/m0/s1. The van der Waals surface area contributed by atoms with Gasteiger partial charge in [0.1, 0.15) is 6.10 Å². The van der Waals surface area contributed by atoms with Crippen LogP contribution in [0.5, 0.6) is 5.88 Å². The Morgan fingerprint density at radius 2 is 1.93 bits per heavy atom. The Bertz CT molecular complexity index is 879. The highest BCUT2D eigenvalue weighted by Crippen LogP contribution is 2.30. The normalized spacial score (nSPS) is 15.3. The number of oxime groups is 1. The molecule has 2 N–H and O–H groups in total. The van der Waals surface area contributed by atoms with Crippen molar-refractivity contribution in [3.05, 3.63) is 51.9 Å². The summed E-state index contributed by atoms with van der Waals surface area (Å²) in [5.41, 5.74) is 9.08. The number of hydrogen-bond acceptors (Lipinski definition) is 6. The molecule has 0 aliphatic heterocycles. The molecule has 0 unspecified atom stereocenters. The number of halogens is 1. The van der Waals surface area contributed by atoms with Gasteiger partial charge in [-0.15, -0.1) is 0 Å². The minimum absolute atomic E-state index is 0.0238. The lowest BCUT2D eigenvalue weighted by atomic mass is 10.1. The van der Waals surface area contributed by atoms with Crippen molar-refractivity contribution in [2.75, 3.05) is 0 Å². The fourth-order valence-electron chi connectivity index (χ4n) is 2.39. The van der Waals surface area contributed by atoms with Gasteiger partial charge in [-0.25, -0.2) is 9.78 Å². The van der Waals surface area contributed by atoms with Crippen molar-refractivity contribution in [1.29, 1.82) is 0 Å². The summed E-state index contributed by atoms with van der Waals surface area (Å²) in [6, 6.07) is 7.33. The van der Waals surface area contributed by atoms with Gasteiger partial charge in [-0.2, -0.15) is 4.98 Å². The molecule has 1 heterocycles. The van der Waals surface area contributed by atoms with E-state index >= 15 is 0 Å². The van der Waals surface area contributed by atoms with E-state index in [0.29, 0.717) is 11.4 Å². The zero-order valence-electron chi connectivity index (χ0n) is 15.4. The predicted octanol–water partition coefficient (Wildman–Crippen LogP) is 3.46. The Hall–Kier alpha value is -2.67. The Morgan fingerprint density at radius 1 is 1.26 bits per heavy atom. The zero-order chi connectivity index (χ0) is 19.6. The molecule has 0 bridgehead atoms. The first-order valence-corrected chi connectivity index (χ1v) is 9.05. The van der Waals surface area contributed by atoms with Crippen LogP contribution in [0.1, 0.15) is 48.3 Å². The third-order valence-corrected chi connectivity index (χ3v) is 4.60. The maximum atomic E-state index is 11.5. The number of amidine groups is 1. The fourth-order valence-corrected chi connectivity index (χ4v) is 2.59. The molecule has 0 radical (unpaired) electrons. The number of nitrogens with two attached hydrogens (primary N) is 1. The first-order valence-electron chi connectivity index (χ1n) is 8.67. The van der Waals surface area contributed by atoms with Crippen LogP contribution in [-0.2, 0) is 9.63 Å². The maximum absolute atomic E-state index is 11.5. The van der Waals surface area contributed by atoms with Gasteiger partial charge in [-0.05, 0) is 50.8 Å². The van der Waals surface area contributed by atoms with Gasteiger partial charge in [0.05, 0.1) is 5.92 Å². The van der Waals surface area contributed by atoms with Crippen LogP contribution in [-0.4, -0.2) is 21.8 Å². The number of ether oxygens (including phenoxy) is 1. The lowest BCUT2D eigenvalue weighted by molar-refractivity contribution is -0.145. The average molecular weight is 389 g/mol.